The van der Waals surface area contributed by atoms with Gasteiger partial charge in [0, 0.05) is 48.4 Å². The van der Waals surface area contributed by atoms with Crippen molar-refractivity contribution in [1.29, 1.82) is 0 Å². The molecule has 0 spiro atoms. The highest BCUT2D eigenvalue weighted by Gasteiger charge is 2.33. The summed E-state index contributed by atoms with van der Waals surface area (Å²) < 4.78 is 13.5. The van der Waals surface area contributed by atoms with E-state index in [0.29, 0.717) is 35.7 Å². The molecule has 3 atom stereocenters. The summed E-state index contributed by atoms with van der Waals surface area (Å²) in [5, 5.41) is 33.6. The predicted octanol–water partition coefficient (Wildman–Crippen LogP) is 4.15. The van der Waals surface area contributed by atoms with E-state index < -0.39 is 12.2 Å². The number of aliphatic hydroxyl groups is 1. The highest BCUT2D eigenvalue weighted by Crippen LogP contribution is 2.39. The van der Waals surface area contributed by atoms with E-state index in [9.17, 15) is 19.9 Å². The van der Waals surface area contributed by atoms with Crippen LogP contribution in [-0.2, 0) is 25.7 Å². The Morgan fingerprint density at radius 3 is 2.48 bits per heavy atom. The highest BCUT2D eigenvalue weighted by atomic mass is 32.2. The molecule has 0 radical (unpaired) electrons. The van der Waals surface area contributed by atoms with Gasteiger partial charge in [-0.2, -0.15) is 4.73 Å². The van der Waals surface area contributed by atoms with E-state index in [1.54, 1.807) is 23.7 Å². The van der Waals surface area contributed by atoms with Crippen LogP contribution in [0.15, 0.2) is 78.0 Å². The lowest BCUT2D eigenvalue weighted by Crippen LogP contribution is -2.32. The average molecular weight is 568 g/mol. The van der Waals surface area contributed by atoms with Crippen molar-refractivity contribution in [3.8, 4) is 0 Å². The van der Waals surface area contributed by atoms with Gasteiger partial charge < -0.3 is 25.1 Å². The summed E-state index contributed by atoms with van der Waals surface area (Å²) in [7, 11) is 0. The van der Waals surface area contributed by atoms with Crippen LogP contribution in [0.1, 0.15) is 61.2 Å². The average Bonchev–Trinajstić information content (AvgIpc) is 2.99. The predicted molar refractivity (Wildman–Crippen MR) is 148 cm³/mol. The highest BCUT2D eigenvalue weighted by molar-refractivity contribution is 7.99. The Bertz CT molecular complexity index is 1270. The van der Waals surface area contributed by atoms with Gasteiger partial charge in [-0.05, 0) is 42.2 Å². The molecular formula is C29H33N3O7S. The van der Waals surface area contributed by atoms with E-state index in [1.807, 2.05) is 48.5 Å². The number of aromatic nitrogens is 1. The van der Waals surface area contributed by atoms with E-state index in [4.69, 9.17) is 14.7 Å². The summed E-state index contributed by atoms with van der Waals surface area (Å²) in [6.07, 6.45) is 2.23. The van der Waals surface area contributed by atoms with E-state index in [-0.39, 0.29) is 37.6 Å². The number of rotatable bonds is 12. The second-order valence-electron chi connectivity index (χ2n) is 9.44. The molecule has 1 fully saturated rings. The summed E-state index contributed by atoms with van der Waals surface area (Å²) in [5.74, 6) is -0.116. The Hall–Kier alpha value is -3.48. The van der Waals surface area contributed by atoms with E-state index in [0.717, 1.165) is 21.4 Å². The van der Waals surface area contributed by atoms with Crippen LogP contribution < -0.4 is 15.5 Å². The molecule has 212 valence electrons. The van der Waals surface area contributed by atoms with Crippen molar-refractivity contribution in [2.45, 2.75) is 62.2 Å². The second-order valence-corrected chi connectivity index (χ2v) is 10.5. The van der Waals surface area contributed by atoms with Crippen LogP contribution >= 0.6 is 11.8 Å². The van der Waals surface area contributed by atoms with Crippen LogP contribution in [-0.4, -0.2) is 34.0 Å². The third kappa shape index (κ3) is 8.51. The molecule has 1 aliphatic heterocycles. The fourth-order valence-electron chi connectivity index (χ4n) is 4.34. The topological polar surface area (TPSA) is 144 Å². The Morgan fingerprint density at radius 2 is 1.75 bits per heavy atom. The maximum atomic E-state index is 12.4. The maximum Gasteiger partial charge on any atom is 0.251 e. The standard InChI is InChI=1S/C29H33N3O7S/c33-18-20-11-13-21(14-12-20)25-17-24(19-40-28-10-3-4-15-32(28)37)38-29(39-25)22-6-5-7-23(16-22)30-26(34)8-1-2-9-27(35)31-36/h3-7,10-16,24-25,29,33,36H,1-2,8-9,17-19H2,(H,30,34)(H,31,35)/t24-,25+,29+/m0/s1. The van der Waals surface area contributed by atoms with Crippen LogP contribution in [0.3, 0.4) is 0 Å². The molecule has 10 nitrogen and oxygen atoms in total. The number of benzene rings is 2. The van der Waals surface area contributed by atoms with Gasteiger partial charge in [-0.25, -0.2) is 5.48 Å². The van der Waals surface area contributed by atoms with E-state index in [2.05, 4.69) is 5.32 Å². The molecule has 11 heteroatoms. The number of ether oxygens (including phenoxy) is 2. The van der Waals surface area contributed by atoms with Crippen molar-refractivity contribution in [2.24, 2.45) is 0 Å². The van der Waals surface area contributed by atoms with Gasteiger partial charge in [-0.3, -0.25) is 14.8 Å². The number of hydrogen-bond donors (Lipinski definition) is 4. The Balaban J connectivity index is 1.44. The number of carbonyl (C=O) groups excluding carboxylic acids is 2. The van der Waals surface area contributed by atoms with Crippen LogP contribution in [0.25, 0.3) is 0 Å². The molecule has 1 aliphatic rings. The normalized spacial score (nSPS) is 18.7. The summed E-state index contributed by atoms with van der Waals surface area (Å²) in [5.41, 5.74) is 4.68. The lowest BCUT2D eigenvalue weighted by atomic mass is 10.0. The van der Waals surface area contributed by atoms with Gasteiger partial charge in [0.1, 0.15) is 0 Å². The first kappa shape index (κ1) is 29.5. The molecule has 1 saturated heterocycles. The molecule has 1 aromatic heterocycles. The molecule has 2 amide bonds. The number of amides is 2. The van der Waals surface area contributed by atoms with Crippen molar-refractivity contribution in [2.75, 3.05) is 11.1 Å². The van der Waals surface area contributed by atoms with Crippen LogP contribution in [0.4, 0.5) is 5.69 Å². The largest absolute Gasteiger partial charge is 0.618 e. The number of carbonyl (C=O) groups is 2. The zero-order chi connectivity index (χ0) is 28.3. The van der Waals surface area contributed by atoms with Gasteiger partial charge >= 0.3 is 0 Å². The van der Waals surface area contributed by atoms with Gasteiger partial charge in [0.05, 0.1) is 18.8 Å². The Labute approximate surface area is 236 Å². The summed E-state index contributed by atoms with van der Waals surface area (Å²) >= 11 is 1.42. The first-order valence-corrected chi connectivity index (χ1v) is 14.1. The summed E-state index contributed by atoms with van der Waals surface area (Å²) in [4.78, 5) is 23.5. The first-order chi connectivity index (χ1) is 19.4. The van der Waals surface area contributed by atoms with E-state index >= 15 is 0 Å². The van der Waals surface area contributed by atoms with Crippen molar-refractivity contribution >= 4 is 29.3 Å². The molecule has 40 heavy (non-hydrogen) atoms. The SMILES string of the molecule is O=C(CCCCC(=O)Nc1cccc([C@@H]2O[C@H](CSc3cccc[n+]3[O-])C[C@H](c3ccc(CO)cc3)O2)c1)NO. The quantitative estimate of drug-likeness (QED) is 0.0638. The number of pyridine rings is 1. The van der Waals surface area contributed by atoms with Gasteiger partial charge in [0.15, 0.2) is 12.5 Å². The number of hydroxylamine groups is 1. The summed E-state index contributed by atoms with van der Waals surface area (Å²) in [6.45, 7) is -0.0421. The minimum Gasteiger partial charge on any atom is -0.618 e. The van der Waals surface area contributed by atoms with Crippen molar-refractivity contribution in [1.82, 2.24) is 5.48 Å². The lowest BCUT2D eigenvalue weighted by molar-refractivity contribution is -0.645. The summed E-state index contributed by atoms with van der Waals surface area (Å²) in [6, 6.07) is 20.2. The number of nitrogens with one attached hydrogen (secondary N) is 2. The minimum absolute atomic E-state index is 0.0421. The molecule has 3 aromatic rings. The number of thioether (sulfide) groups is 1. The van der Waals surface area contributed by atoms with E-state index in [1.165, 1.54) is 18.0 Å². The number of unbranched alkanes of at least 4 members (excludes halogenated alkanes) is 1. The molecule has 0 bridgehead atoms. The zero-order valence-corrected chi connectivity index (χ0v) is 22.7. The fraction of sp³-hybridized carbons (Fsp3) is 0.345. The van der Waals surface area contributed by atoms with Crippen molar-refractivity contribution in [3.63, 3.8) is 0 Å². The van der Waals surface area contributed by atoms with Gasteiger partial charge in [-0.15, -0.1) is 0 Å². The first-order valence-electron chi connectivity index (χ1n) is 13.1. The molecule has 0 unspecified atom stereocenters. The van der Waals surface area contributed by atoms with Crippen LogP contribution in [0.2, 0.25) is 0 Å². The molecule has 2 heterocycles. The smallest absolute Gasteiger partial charge is 0.251 e. The van der Waals surface area contributed by atoms with Gasteiger partial charge in [0.2, 0.25) is 11.8 Å². The van der Waals surface area contributed by atoms with Crippen LogP contribution in [0.5, 0.6) is 0 Å². The maximum absolute atomic E-state index is 12.4. The molecular weight excluding hydrogens is 534 g/mol. The molecule has 2 aromatic carbocycles. The van der Waals surface area contributed by atoms with Gasteiger partial charge in [0.25, 0.3) is 5.03 Å². The molecule has 0 saturated carbocycles. The number of aliphatic hydroxyl groups excluding tert-OH is 1. The Morgan fingerprint density at radius 1 is 0.975 bits per heavy atom. The fourth-order valence-corrected chi connectivity index (χ4v) is 5.27. The Kier molecular flexibility index (Phi) is 10.9. The lowest BCUT2D eigenvalue weighted by Gasteiger charge is -2.36. The number of hydrogen-bond acceptors (Lipinski definition) is 8. The third-order valence-corrected chi connectivity index (χ3v) is 7.60. The van der Waals surface area contributed by atoms with Gasteiger partial charge in [-0.1, -0.05) is 48.2 Å². The van der Waals surface area contributed by atoms with Crippen molar-refractivity contribution < 1.29 is 34.1 Å². The molecule has 4 N–H and O–H groups in total. The van der Waals surface area contributed by atoms with Crippen molar-refractivity contribution in [3.05, 3.63) is 94.8 Å². The zero-order valence-electron chi connectivity index (χ0n) is 21.9. The molecule has 0 aliphatic carbocycles. The third-order valence-electron chi connectivity index (χ3n) is 6.45. The molecule has 4 rings (SSSR count). The second kappa shape index (κ2) is 14.8. The van der Waals surface area contributed by atoms with Crippen LogP contribution in [0, 0.1) is 5.21 Å². The monoisotopic (exact) mass is 567 g/mol. The number of anilines is 1. The number of nitrogens with zero attached hydrogens (tertiary/aromatic N) is 1. The minimum atomic E-state index is -0.703.